The van der Waals surface area contributed by atoms with Crippen LogP contribution >= 0.6 is 11.6 Å². The summed E-state index contributed by atoms with van der Waals surface area (Å²) in [6, 6.07) is 4.63. The number of halogens is 4. The Balaban J connectivity index is 3.16. The number of nitriles is 1. The third-order valence-corrected chi connectivity index (χ3v) is 1.85. The van der Waals surface area contributed by atoms with E-state index in [9.17, 15) is 13.2 Å². The molecular formula is C10H3ClF3N. The van der Waals surface area contributed by atoms with Crippen molar-refractivity contribution in [3.8, 4) is 17.9 Å². The zero-order valence-corrected chi connectivity index (χ0v) is 7.95. The highest BCUT2D eigenvalue weighted by Crippen LogP contribution is 2.34. The predicted octanol–water partition coefficient (Wildman–Crippen LogP) is 3.23. The molecule has 15 heavy (non-hydrogen) atoms. The molecule has 0 bridgehead atoms. The summed E-state index contributed by atoms with van der Waals surface area (Å²) in [6.45, 7) is 0. The first kappa shape index (κ1) is 11.4. The van der Waals surface area contributed by atoms with Crippen LogP contribution in [-0.2, 0) is 6.18 Å². The van der Waals surface area contributed by atoms with E-state index in [1.807, 2.05) is 0 Å². The van der Waals surface area contributed by atoms with Crippen molar-refractivity contribution in [3.05, 3.63) is 34.3 Å². The van der Waals surface area contributed by atoms with E-state index in [1.54, 1.807) is 6.07 Å². The van der Waals surface area contributed by atoms with Crippen LogP contribution in [0.1, 0.15) is 11.1 Å². The van der Waals surface area contributed by atoms with Gasteiger partial charge in [0, 0.05) is 11.5 Å². The standard InChI is InChI=1S/C10H3ClF3N/c11-9-6-7(2-1-5-15)3-4-8(9)10(12,13)14/h3-4,6H. The average Bonchev–Trinajstić information content (AvgIpc) is 2.12. The number of hydrogen-bond donors (Lipinski definition) is 0. The molecule has 0 saturated carbocycles. The highest BCUT2D eigenvalue weighted by molar-refractivity contribution is 6.31. The fraction of sp³-hybridized carbons (Fsp3) is 0.100. The number of nitrogens with zero attached hydrogens (tertiary/aromatic N) is 1. The van der Waals surface area contributed by atoms with E-state index < -0.39 is 16.8 Å². The molecule has 0 saturated heterocycles. The fourth-order valence-corrected chi connectivity index (χ4v) is 1.21. The van der Waals surface area contributed by atoms with E-state index in [2.05, 4.69) is 11.8 Å². The van der Waals surface area contributed by atoms with Crippen LogP contribution in [0.3, 0.4) is 0 Å². The van der Waals surface area contributed by atoms with Crippen LogP contribution in [0.2, 0.25) is 5.02 Å². The van der Waals surface area contributed by atoms with Gasteiger partial charge in [-0.15, -0.1) is 0 Å². The summed E-state index contributed by atoms with van der Waals surface area (Å²) in [7, 11) is 0. The molecule has 0 aliphatic heterocycles. The first-order valence-corrected chi connectivity index (χ1v) is 4.10. The maximum atomic E-state index is 12.3. The lowest BCUT2D eigenvalue weighted by molar-refractivity contribution is -0.137. The van der Waals surface area contributed by atoms with Crippen LogP contribution in [0.4, 0.5) is 13.2 Å². The van der Waals surface area contributed by atoms with Gasteiger partial charge in [-0.2, -0.15) is 18.4 Å². The lowest BCUT2D eigenvalue weighted by Crippen LogP contribution is -2.05. The smallest absolute Gasteiger partial charge is 0.183 e. The average molecular weight is 230 g/mol. The zero-order chi connectivity index (χ0) is 11.5. The molecular weight excluding hydrogens is 227 g/mol. The van der Waals surface area contributed by atoms with E-state index in [-0.39, 0.29) is 5.56 Å². The summed E-state index contributed by atoms with van der Waals surface area (Å²) < 4.78 is 36.8. The third kappa shape index (κ3) is 2.90. The topological polar surface area (TPSA) is 23.8 Å². The number of benzene rings is 1. The molecule has 0 radical (unpaired) electrons. The van der Waals surface area contributed by atoms with E-state index in [0.29, 0.717) is 0 Å². The highest BCUT2D eigenvalue weighted by atomic mass is 35.5. The molecule has 1 aromatic rings. The zero-order valence-electron chi connectivity index (χ0n) is 7.19. The Hall–Kier alpha value is -1.65. The molecule has 0 heterocycles. The molecule has 1 rings (SSSR count). The Morgan fingerprint density at radius 3 is 2.40 bits per heavy atom. The van der Waals surface area contributed by atoms with Gasteiger partial charge in [0.2, 0.25) is 0 Å². The van der Waals surface area contributed by atoms with E-state index >= 15 is 0 Å². The molecule has 0 aromatic heterocycles. The van der Waals surface area contributed by atoms with Gasteiger partial charge in [-0.25, -0.2) is 0 Å². The molecule has 76 valence electrons. The van der Waals surface area contributed by atoms with Gasteiger partial charge in [-0.3, -0.25) is 0 Å². The predicted molar refractivity (Wildman–Crippen MR) is 48.9 cm³/mol. The van der Waals surface area contributed by atoms with Gasteiger partial charge in [0.25, 0.3) is 0 Å². The van der Waals surface area contributed by atoms with Gasteiger partial charge >= 0.3 is 6.18 Å². The van der Waals surface area contributed by atoms with Gasteiger partial charge < -0.3 is 0 Å². The Morgan fingerprint density at radius 1 is 1.27 bits per heavy atom. The second-order valence-electron chi connectivity index (χ2n) is 2.55. The van der Waals surface area contributed by atoms with Crippen molar-refractivity contribution in [1.29, 1.82) is 5.26 Å². The van der Waals surface area contributed by atoms with E-state index in [1.165, 1.54) is 6.07 Å². The molecule has 0 aliphatic carbocycles. The summed E-state index contributed by atoms with van der Waals surface area (Å²) in [5.41, 5.74) is -0.638. The normalized spacial score (nSPS) is 10.1. The Bertz CT molecular complexity index is 474. The Morgan fingerprint density at radius 2 is 1.93 bits per heavy atom. The minimum absolute atomic E-state index is 0.273. The van der Waals surface area contributed by atoms with Crippen LogP contribution in [0.15, 0.2) is 18.2 Å². The molecule has 5 heteroatoms. The first-order chi connectivity index (χ1) is 6.95. The monoisotopic (exact) mass is 229 g/mol. The van der Waals surface area contributed by atoms with Crippen molar-refractivity contribution in [1.82, 2.24) is 0 Å². The molecule has 0 spiro atoms. The maximum absolute atomic E-state index is 12.3. The summed E-state index contributed by atoms with van der Waals surface area (Å²) in [5.74, 6) is 4.42. The van der Waals surface area contributed by atoms with Crippen molar-refractivity contribution < 1.29 is 13.2 Å². The Labute approximate surface area is 89.1 Å². The molecule has 0 amide bonds. The van der Waals surface area contributed by atoms with Crippen molar-refractivity contribution in [2.24, 2.45) is 0 Å². The van der Waals surface area contributed by atoms with Gasteiger partial charge in [-0.05, 0) is 18.2 Å². The van der Waals surface area contributed by atoms with E-state index in [4.69, 9.17) is 16.9 Å². The fourth-order valence-electron chi connectivity index (χ4n) is 0.923. The second kappa shape index (κ2) is 4.25. The van der Waals surface area contributed by atoms with Gasteiger partial charge in [0.15, 0.2) is 6.07 Å². The SMILES string of the molecule is N#CC#Cc1ccc(C(F)(F)F)c(Cl)c1. The number of hydrogen-bond acceptors (Lipinski definition) is 1. The summed E-state index contributed by atoms with van der Waals surface area (Å²) in [6.07, 6.45) is -4.47. The van der Waals surface area contributed by atoms with Crippen LogP contribution in [0, 0.1) is 23.2 Å². The van der Waals surface area contributed by atoms with Gasteiger partial charge in [0.1, 0.15) is 0 Å². The molecule has 0 unspecified atom stereocenters. The highest BCUT2D eigenvalue weighted by Gasteiger charge is 2.32. The number of alkyl halides is 3. The van der Waals surface area contributed by atoms with Crippen LogP contribution < -0.4 is 0 Å². The molecule has 0 fully saturated rings. The van der Waals surface area contributed by atoms with Crippen LogP contribution in [0.5, 0.6) is 0 Å². The minimum Gasteiger partial charge on any atom is -0.183 e. The minimum atomic E-state index is -4.47. The Kier molecular flexibility index (Phi) is 3.24. The van der Waals surface area contributed by atoms with Crippen LogP contribution in [0.25, 0.3) is 0 Å². The van der Waals surface area contributed by atoms with E-state index in [0.717, 1.165) is 12.1 Å². The summed E-state index contributed by atoms with van der Waals surface area (Å²) in [4.78, 5) is 0. The van der Waals surface area contributed by atoms with Crippen molar-refractivity contribution in [2.75, 3.05) is 0 Å². The molecule has 1 nitrogen and oxygen atoms in total. The summed E-state index contributed by atoms with van der Waals surface area (Å²) >= 11 is 5.42. The maximum Gasteiger partial charge on any atom is 0.417 e. The molecule has 1 aromatic carbocycles. The van der Waals surface area contributed by atoms with Crippen molar-refractivity contribution >= 4 is 11.6 Å². The van der Waals surface area contributed by atoms with Gasteiger partial charge in [0.05, 0.1) is 10.6 Å². The largest absolute Gasteiger partial charge is 0.417 e. The lowest BCUT2D eigenvalue weighted by atomic mass is 10.1. The first-order valence-electron chi connectivity index (χ1n) is 3.72. The third-order valence-electron chi connectivity index (χ3n) is 1.54. The van der Waals surface area contributed by atoms with Crippen molar-refractivity contribution in [2.45, 2.75) is 6.18 Å². The number of rotatable bonds is 0. The molecule has 0 aliphatic rings. The second-order valence-corrected chi connectivity index (χ2v) is 2.96. The quantitative estimate of drug-likeness (QED) is 0.627. The van der Waals surface area contributed by atoms with Crippen LogP contribution in [-0.4, -0.2) is 0 Å². The van der Waals surface area contributed by atoms with Gasteiger partial charge in [-0.1, -0.05) is 17.5 Å². The lowest BCUT2D eigenvalue weighted by Gasteiger charge is -2.08. The summed E-state index contributed by atoms with van der Waals surface area (Å²) in [5, 5.41) is 7.72. The molecule has 0 N–H and O–H groups in total. The molecule has 0 atom stereocenters. The van der Waals surface area contributed by atoms with Crippen molar-refractivity contribution in [3.63, 3.8) is 0 Å².